The number of amides is 1. The number of carboxylic acids is 1. The van der Waals surface area contributed by atoms with E-state index in [4.69, 9.17) is 14.4 Å². The first-order chi connectivity index (χ1) is 9.04. The minimum absolute atomic E-state index is 0.127. The van der Waals surface area contributed by atoms with E-state index in [-0.39, 0.29) is 24.8 Å². The van der Waals surface area contributed by atoms with Gasteiger partial charge in [-0.15, -0.1) is 0 Å². The fourth-order valence-electron chi connectivity index (χ4n) is 2.23. The van der Waals surface area contributed by atoms with Gasteiger partial charge in [0, 0.05) is 12.6 Å². The van der Waals surface area contributed by atoms with Gasteiger partial charge in [-0.25, -0.2) is 0 Å². The zero-order chi connectivity index (χ0) is 14.0. The second-order valence-corrected chi connectivity index (χ2v) is 4.46. The Bertz CT molecular complexity index is 484. The van der Waals surface area contributed by atoms with Crippen LogP contribution in [0.3, 0.4) is 0 Å². The molecule has 0 radical (unpaired) electrons. The molecule has 2 unspecified atom stereocenters. The normalized spacial score (nSPS) is 22.4. The van der Waals surface area contributed by atoms with Crippen molar-refractivity contribution in [3.05, 3.63) is 17.5 Å². The highest BCUT2D eigenvalue weighted by molar-refractivity contribution is 5.93. The molecule has 1 saturated heterocycles. The molecule has 2 atom stereocenters. The molecule has 7 heteroatoms. The Kier molecular flexibility index (Phi) is 3.84. The summed E-state index contributed by atoms with van der Waals surface area (Å²) in [4.78, 5) is 24.9. The van der Waals surface area contributed by atoms with Crippen LogP contribution in [0.2, 0.25) is 0 Å². The first-order valence-electron chi connectivity index (χ1n) is 6.09. The second kappa shape index (κ2) is 5.40. The van der Waals surface area contributed by atoms with Gasteiger partial charge in [0.1, 0.15) is 11.7 Å². The van der Waals surface area contributed by atoms with E-state index in [1.807, 2.05) is 0 Å². The third kappa shape index (κ3) is 2.60. The van der Waals surface area contributed by atoms with Crippen LogP contribution in [0, 0.1) is 12.8 Å². The molecule has 1 aromatic heterocycles. The molecule has 1 aliphatic heterocycles. The Hall–Kier alpha value is -1.89. The fraction of sp³-hybridized carbons (Fsp3) is 0.583. The maximum atomic E-state index is 12.3. The first kappa shape index (κ1) is 13.5. The zero-order valence-electron chi connectivity index (χ0n) is 10.8. The lowest BCUT2D eigenvalue weighted by Crippen LogP contribution is -2.46. The Morgan fingerprint density at radius 3 is 2.79 bits per heavy atom. The number of ether oxygens (including phenoxy) is 1. The molecule has 1 amide bonds. The third-order valence-electron chi connectivity index (χ3n) is 3.22. The molecule has 0 aromatic carbocycles. The quantitative estimate of drug-likeness (QED) is 0.857. The van der Waals surface area contributed by atoms with Gasteiger partial charge < -0.3 is 19.3 Å². The molecular formula is C12H16N2O5. The largest absolute Gasteiger partial charge is 0.481 e. The fourth-order valence-corrected chi connectivity index (χ4v) is 2.23. The maximum Gasteiger partial charge on any atom is 0.311 e. The van der Waals surface area contributed by atoms with Crippen molar-refractivity contribution in [2.45, 2.75) is 19.9 Å². The van der Waals surface area contributed by atoms with Gasteiger partial charge in [0.15, 0.2) is 5.69 Å². The number of aromatic nitrogens is 1. The van der Waals surface area contributed by atoms with Crippen LogP contribution in [0.4, 0.5) is 0 Å². The van der Waals surface area contributed by atoms with E-state index in [1.165, 1.54) is 11.0 Å². The standard InChI is InChI=1S/C12H16N2O5/c1-3-14(10-6-18-5-8(10)12(16)17)11(15)9-4-7(2)19-13-9/h4,8,10H,3,5-6H2,1-2H3,(H,16,17). The van der Waals surface area contributed by atoms with Gasteiger partial charge in [-0.2, -0.15) is 0 Å². The molecule has 19 heavy (non-hydrogen) atoms. The molecule has 0 aliphatic carbocycles. The van der Waals surface area contributed by atoms with Gasteiger partial charge in [0.2, 0.25) is 0 Å². The highest BCUT2D eigenvalue weighted by atomic mass is 16.5. The van der Waals surface area contributed by atoms with Crippen LogP contribution in [-0.2, 0) is 9.53 Å². The van der Waals surface area contributed by atoms with Crippen molar-refractivity contribution in [2.24, 2.45) is 5.92 Å². The summed E-state index contributed by atoms with van der Waals surface area (Å²) >= 11 is 0. The van der Waals surface area contributed by atoms with E-state index < -0.39 is 17.9 Å². The van der Waals surface area contributed by atoms with Crippen molar-refractivity contribution >= 4 is 11.9 Å². The smallest absolute Gasteiger partial charge is 0.311 e. The lowest BCUT2D eigenvalue weighted by molar-refractivity contribution is -0.142. The molecule has 1 aliphatic rings. The number of aliphatic carboxylic acids is 1. The van der Waals surface area contributed by atoms with Crippen LogP contribution < -0.4 is 0 Å². The number of likely N-dealkylation sites (N-methyl/N-ethyl adjacent to an activating group) is 1. The van der Waals surface area contributed by atoms with Crippen molar-refractivity contribution in [3.63, 3.8) is 0 Å². The van der Waals surface area contributed by atoms with Crippen LogP contribution in [0.1, 0.15) is 23.2 Å². The molecule has 7 nitrogen and oxygen atoms in total. The molecule has 2 rings (SSSR count). The third-order valence-corrected chi connectivity index (χ3v) is 3.22. The summed E-state index contributed by atoms with van der Waals surface area (Å²) < 4.78 is 10.1. The number of carbonyl (C=O) groups is 2. The Morgan fingerprint density at radius 1 is 1.53 bits per heavy atom. The predicted molar refractivity (Wildman–Crippen MR) is 63.7 cm³/mol. The number of hydrogen-bond acceptors (Lipinski definition) is 5. The van der Waals surface area contributed by atoms with Gasteiger partial charge in [-0.05, 0) is 13.8 Å². The zero-order valence-corrected chi connectivity index (χ0v) is 10.8. The minimum Gasteiger partial charge on any atom is -0.481 e. The minimum atomic E-state index is -0.954. The average molecular weight is 268 g/mol. The Morgan fingerprint density at radius 2 is 2.26 bits per heavy atom. The van der Waals surface area contributed by atoms with E-state index in [2.05, 4.69) is 5.16 Å². The molecule has 104 valence electrons. The van der Waals surface area contributed by atoms with Crippen molar-refractivity contribution < 1.29 is 24.0 Å². The van der Waals surface area contributed by atoms with E-state index in [9.17, 15) is 9.59 Å². The summed E-state index contributed by atoms with van der Waals surface area (Å²) in [5, 5.41) is 12.8. The topological polar surface area (TPSA) is 92.9 Å². The molecule has 0 bridgehead atoms. The lowest BCUT2D eigenvalue weighted by Gasteiger charge is -2.28. The van der Waals surface area contributed by atoms with Gasteiger partial charge in [0.05, 0.1) is 19.3 Å². The number of rotatable bonds is 4. The van der Waals surface area contributed by atoms with Gasteiger partial charge in [-0.1, -0.05) is 5.16 Å². The first-order valence-corrected chi connectivity index (χ1v) is 6.09. The molecule has 1 fully saturated rings. The number of aryl methyl sites for hydroxylation is 1. The van der Waals surface area contributed by atoms with Gasteiger partial charge in [0.25, 0.3) is 5.91 Å². The summed E-state index contributed by atoms with van der Waals surface area (Å²) in [6.45, 7) is 4.23. The number of carbonyl (C=O) groups excluding carboxylic acids is 1. The summed E-state index contributed by atoms with van der Waals surface area (Å²) in [5.74, 6) is -1.44. The SMILES string of the molecule is CCN(C(=O)c1cc(C)on1)C1COCC1C(=O)O. The number of nitrogens with zero attached hydrogens (tertiary/aromatic N) is 2. The van der Waals surface area contributed by atoms with Crippen LogP contribution >= 0.6 is 0 Å². The van der Waals surface area contributed by atoms with E-state index in [0.717, 1.165) is 0 Å². The highest BCUT2D eigenvalue weighted by Gasteiger charge is 2.40. The second-order valence-electron chi connectivity index (χ2n) is 4.46. The molecule has 2 heterocycles. The molecular weight excluding hydrogens is 252 g/mol. The predicted octanol–water partition coefficient (Wildman–Crippen LogP) is 0.545. The van der Waals surface area contributed by atoms with E-state index in [1.54, 1.807) is 13.8 Å². The van der Waals surface area contributed by atoms with Gasteiger partial charge in [-0.3, -0.25) is 9.59 Å². The maximum absolute atomic E-state index is 12.3. The Balaban J connectivity index is 2.20. The lowest BCUT2D eigenvalue weighted by atomic mass is 10.0. The summed E-state index contributed by atoms with van der Waals surface area (Å²) in [6.07, 6.45) is 0. The Labute approximate surface area is 110 Å². The van der Waals surface area contributed by atoms with Crippen LogP contribution in [0.5, 0.6) is 0 Å². The van der Waals surface area contributed by atoms with E-state index in [0.29, 0.717) is 12.3 Å². The molecule has 0 spiro atoms. The average Bonchev–Trinajstić information content (AvgIpc) is 2.98. The van der Waals surface area contributed by atoms with Crippen LogP contribution in [0.25, 0.3) is 0 Å². The molecule has 1 aromatic rings. The van der Waals surface area contributed by atoms with Crippen molar-refractivity contribution in [1.82, 2.24) is 10.1 Å². The molecule has 0 saturated carbocycles. The van der Waals surface area contributed by atoms with Crippen molar-refractivity contribution in [2.75, 3.05) is 19.8 Å². The van der Waals surface area contributed by atoms with Gasteiger partial charge >= 0.3 is 5.97 Å². The van der Waals surface area contributed by atoms with Crippen LogP contribution in [0.15, 0.2) is 10.6 Å². The monoisotopic (exact) mass is 268 g/mol. The van der Waals surface area contributed by atoms with Crippen LogP contribution in [-0.4, -0.2) is 52.8 Å². The highest BCUT2D eigenvalue weighted by Crippen LogP contribution is 2.21. The summed E-state index contributed by atoms with van der Waals surface area (Å²) in [7, 11) is 0. The van der Waals surface area contributed by atoms with E-state index >= 15 is 0 Å². The number of hydrogen-bond donors (Lipinski definition) is 1. The number of carboxylic acid groups (broad SMARTS) is 1. The van der Waals surface area contributed by atoms with Crippen molar-refractivity contribution in [3.8, 4) is 0 Å². The summed E-state index contributed by atoms with van der Waals surface area (Å²) in [6, 6.07) is 1.07. The summed E-state index contributed by atoms with van der Waals surface area (Å²) in [5.41, 5.74) is 0.190. The van der Waals surface area contributed by atoms with Crippen molar-refractivity contribution in [1.29, 1.82) is 0 Å². The molecule has 1 N–H and O–H groups in total.